The number of aliphatic hydroxyl groups is 1. The van der Waals surface area contributed by atoms with Crippen LogP contribution in [0.15, 0.2) is 35.5 Å². The molecule has 162 valence electrons. The summed E-state index contributed by atoms with van der Waals surface area (Å²) in [6, 6.07) is 7.77. The van der Waals surface area contributed by atoms with Crippen molar-refractivity contribution in [3.63, 3.8) is 0 Å². The molecular formula is C22H34BN3O3Si. The van der Waals surface area contributed by atoms with Crippen molar-refractivity contribution in [2.45, 2.75) is 64.4 Å². The molecule has 0 saturated carbocycles. The fourth-order valence-corrected chi connectivity index (χ4v) is 4.42. The summed E-state index contributed by atoms with van der Waals surface area (Å²) in [4.78, 5) is 8.90. The minimum absolute atomic E-state index is 0.0788. The molecule has 0 aliphatic rings. The molecule has 8 heteroatoms. The van der Waals surface area contributed by atoms with Gasteiger partial charge in [-0.25, -0.2) is 0 Å². The van der Waals surface area contributed by atoms with E-state index in [1.54, 1.807) is 0 Å². The first kappa shape index (κ1) is 24.4. The van der Waals surface area contributed by atoms with E-state index < -0.39 is 8.32 Å². The van der Waals surface area contributed by atoms with Crippen molar-refractivity contribution in [1.82, 2.24) is 9.55 Å². The van der Waals surface area contributed by atoms with E-state index >= 15 is 0 Å². The fourth-order valence-electron chi connectivity index (χ4n) is 3.07. The number of rotatable bonds is 9. The van der Waals surface area contributed by atoms with E-state index in [2.05, 4.69) is 45.8 Å². The van der Waals surface area contributed by atoms with Gasteiger partial charge in [0.15, 0.2) is 8.32 Å². The molecule has 30 heavy (non-hydrogen) atoms. The van der Waals surface area contributed by atoms with Gasteiger partial charge in [-0.15, -0.1) is 0 Å². The molecule has 2 aromatic rings. The van der Waals surface area contributed by atoms with Crippen molar-refractivity contribution < 1.29 is 14.2 Å². The normalized spacial score (nSPS) is 14.7. The molecule has 2 rings (SSSR count). The summed E-state index contributed by atoms with van der Waals surface area (Å²) in [5.41, 5.74) is 2.98. The molecule has 6 nitrogen and oxygen atoms in total. The molecule has 0 amide bonds. The van der Waals surface area contributed by atoms with Crippen LogP contribution in [-0.4, -0.2) is 48.9 Å². The molecule has 2 atom stereocenters. The van der Waals surface area contributed by atoms with Crippen LogP contribution in [0.4, 0.5) is 0 Å². The van der Waals surface area contributed by atoms with Gasteiger partial charge in [-0.3, -0.25) is 0 Å². The number of aryl methyl sites for hydroxylation is 1. The topological polar surface area (TPSA) is 76.7 Å². The van der Waals surface area contributed by atoms with Crippen molar-refractivity contribution >= 4 is 21.6 Å². The second kappa shape index (κ2) is 9.94. The van der Waals surface area contributed by atoms with Crippen LogP contribution < -0.4 is 0 Å². The Morgan fingerprint density at radius 3 is 2.47 bits per heavy atom. The SMILES string of the molecule is CC(O[Si](C)(C)C(C)(C)C)c1nc(-c2ccc(CC(CO)/N=C/B=O)cc2)cn1C. The number of benzene rings is 1. The number of hydrogen-bond donors (Lipinski definition) is 1. The Balaban J connectivity index is 2.16. The zero-order valence-corrected chi connectivity index (χ0v) is 20.2. The van der Waals surface area contributed by atoms with Crippen LogP contribution in [0.1, 0.15) is 45.2 Å². The molecule has 0 aliphatic carbocycles. The number of nitrogens with zero attached hydrogens (tertiary/aromatic N) is 3. The fraction of sp³-hybridized carbons (Fsp3) is 0.545. The van der Waals surface area contributed by atoms with Crippen molar-refractivity contribution in [3.05, 3.63) is 41.9 Å². The van der Waals surface area contributed by atoms with Gasteiger partial charge < -0.3 is 4.43 Å². The van der Waals surface area contributed by atoms with Crippen LogP contribution in [0.5, 0.6) is 0 Å². The van der Waals surface area contributed by atoms with E-state index in [-0.39, 0.29) is 23.8 Å². The average Bonchev–Trinajstić information content (AvgIpc) is 3.06. The third-order valence-electron chi connectivity index (χ3n) is 5.84. The van der Waals surface area contributed by atoms with E-state index in [1.165, 1.54) is 6.11 Å². The molecule has 0 saturated heterocycles. The molecule has 1 aromatic heterocycles. The van der Waals surface area contributed by atoms with Crippen LogP contribution in [0.2, 0.25) is 18.1 Å². The maximum absolute atomic E-state index is 10.4. The monoisotopic (exact) mass is 427 g/mol. The Bertz CT molecular complexity index is 873. The molecule has 1 aromatic carbocycles. The third kappa shape index (κ3) is 6.06. The van der Waals surface area contributed by atoms with Gasteiger partial charge in [0, 0.05) is 0 Å². The summed E-state index contributed by atoms with van der Waals surface area (Å²) in [5, 5.41) is 9.56. The van der Waals surface area contributed by atoms with E-state index in [1.807, 2.05) is 42.1 Å². The van der Waals surface area contributed by atoms with Gasteiger partial charge in [-0.1, -0.05) is 20.8 Å². The van der Waals surface area contributed by atoms with Crippen LogP contribution >= 0.6 is 0 Å². The summed E-state index contributed by atoms with van der Waals surface area (Å²) in [7, 11) is 0.740. The van der Waals surface area contributed by atoms with E-state index in [0.717, 1.165) is 22.6 Å². The molecule has 0 aliphatic heterocycles. The van der Waals surface area contributed by atoms with Crippen molar-refractivity contribution in [1.29, 1.82) is 0 Å². The van der Waals surface area contributed by atoms with Gasteiger partial charge in [0.25, 0.3) is 0 Å². The molecular weight excluding hydrogens is 393 g/mol. The summed E-state index contributed by atoms with van der Waals surface area (Å²) in [5.74, 6) is 0.919. The predicted octanol–water partition coefficient (Wildman–Crippen LogP) is 4.15. The van der Waals surface area contributed by atoms with Crippen LogP contribution in [0.25, 0.3) is 11.3 Å². The second-order valence-electron chi connectivity index (χ2n) is 9.29. The Morgan fingerprint density at radius 1 is 1.30 bits per heavy atom. The molecule has 0 fully saturated rings. The third-order valence-corrected chi connectivity index (χ3v) is 10.4. The van der Waals surface area contributed by atoms with Gasteiger partial charge >= 0.3 is 123 Å². The molecule has 1 N–H and O–H groups in total. The Hall–Kier alpha value is -1.90. The minimum atomic E-state index is -1.89. The van der Waals surface area contributed by atoms with Crippen LogP contribution in [0.3, 0.4) is 0 Å². The first-order valence-electron chi connectivity index (χ1n) is 10.4. The molecule has 0 spiro atoms. The number of aliphatic imine (C=N–C) groups is 1. The summed E-state index contributed by atoms with van der Waals surface area (Å²) in [6.45, 7) is 13.2. The summed E-state index contributed by atoms with van der Waals surface area (Å²) >= 11 is 0. The Kier molecular flexibility index (Phi) is 8.07. The zero-order chi connectivity index (χ0) is 22.5. The van der Waals surface area contributed by atoms with Gasteiger partial charge in [0.1, 0.15) is 0 Å². The summed E-state index contributed by atoms with van der Waals surface area (Å²) in [6.07, 6.45) is 3.72. The average molecular weight is 427 g/mol. The van der Waals surface area contributed by atoms with Crippen molar-refractivity contribution in [3.8, 4) is 11.3 Å². The van der Waals surface area contributed by atoms with Gasteiger partial charge in [-0.05, 0) is 25.1 Å². The number of aliphatic hydroxyl groups excluding tert-OH is 1. The van der Waals surface area contributed by atoms with Gasteiger partial charge in [0.05, 0.1) is 0 Å². The standard InChI is InChI=1S/C22H34BN3O3Si/c1-16(29-30(6,7)22(2,3)4)21-25-20(13-26(21)5)18-10-8-17(9-11-18)12-19(14-27)24-15-23-28/h8-11,13,15-16,19,27H,12,14H2,1-7H3/b24-15+. The van der Waals surface area contributed by atoms with E-state index in [0.29, 0.717) is 13.6 Å². The second-order valence-corrected chi connectivity index (χ2v) is 14.0. The number of hydrogen-bond acceptors (Lipinski definition) is 5. The van der Waals surface area contributed by atoms with Crippen molar-refractivity contribution in [2.24, 2.45) is 12.0 Å². The molecule has 1 heterocycles. The Labute approximate surface area is 181 Å². The molecule has 0 radical (unpaired) electrons. The molecule has 0 bridgehead atoms. The van der Waals surface area contributed by atoms with E-state index in [9.17, 15) is 9.81 Å². The molecule has 2 unspecified atom stereocenters. The summed E-state index contributed by atoms with van der Waals surface area (Å²) < 4.78 is 19.0. The van der Waals surface area contributed by atoms with Crippen LogP contribution in [0, 0.1) is 0 Å². The maximum atomic E-state index is 10.4. The number of aromatic nitrogens is 2. The quantitative estimate of drug-likeness (QED) is 0.482. The van der Waals surface area contributed by atoms with E-state index in [4.69, 9.17) is 9.41 Å². The van der Waals surface area contributed by atoms with Gasteiger partial charge in [0.2, 0.25) is 0 Å². The first-order valence-corrected chi connectivity index (χ1v) is 13.3. The Morgan fingerprint density at radius 2 is 1.93 bits per heavy atom. The van der Waals surface area contributed by atoms with Crippen LogP contribution in [-0.2, 0) is 22.6 Å². The predicted molar refractivity (Wildman–Crippen MR) is 125 cm³/mol. The first-order chi connectivity index (χ1) is 14.0. The van der Waals surface area contributed by atoms with Gasteiger partial charge in [-0.2, -0.15) is 0 Å². The zero-order valence-electron chi connectivity index (χ0n) is 19.2. The van der Waals surface area contributed by atoms with Crippen molar-refractivity contribution in [2.75, 3.05) is 6.61 Å². The number of imidazole rings is 1.